The number of amides is 1. The minimum atomic E-state index is -4.83. The van der Waals surface area contributed by atoms with Crippen molar-refractivity contribution in [2.75, 3.05) is 6.54 Å². The van der Waals surface area contributed by atoms with Gasteiger partial charge in [-0.2, -0.15) is 0 Å². The van der Waals surface area contributed by atoms with E-state index >= 15 is 0 Å². The lowest BCUT2D eigenvalue weighted by atomic mass is 10.0. The Morgan fingerprint density at radius 3 is 2.46 bits per heavy atom. The highest BCUT2D eigenvalue weighted by Gasteiger charge is 2.40. The van der Waals surface area contributed by atoms with Crippen LogP contribution in [0.5, 0.6) is 11.6 Å². The number of aromatic nitrogens is 4. The number of nitrogens with one attached hydrogen (secondary N) is 1. The van der Waals surface area contributed by atoms with Crippen LogP contribution in [0.15, 0.2) is 48.9 Å². The number of rotatable bonds is 9. The first-order chi connectivity index (χ1) is 16.6. The van der Waals surface area contributed by atoms with E-state index in [-0.39, 0.29) is 36.3 Å². The Hall–Kier alpha value is -3.80. The number of alkyl halides is 3. The minimum Gasteiger partial charge on any atom is -0.468 e. The van der Waals surface area contributed by atoms with E-state index in [0.29, 0.717) is 11.4 Å². The van der Waals surface area contributed by atoms with E-state index < -0.39 is 23.6 Å². The minimum absolute atomic E-state index is 0.0310. The van der Waals surface area contributed by atoms with Crippen molar-refractivity contribution in [3.05, 3.63) is 60.4 Å². The van der Waals surface area contributed by atoms with Gasteiger partial charge in [0.15, 0.2) is 5.82 Å². The maximum absolute atomic E-state index is 12.7. The molecular weight excluding hydrogens is 467 g/mol. The van der Waals surface area contributed by atoms with Gasteiger partial charge in [0.25, 0.3) is 5.91 Å². The monoisotopic (exact) mass is 489 g/mol. The van der Waals surface area contributed by atoms with Crippen LogP contribution in [0.25, 0.3) is 11.3 Å². The summed E-state index contributed by atoms with van der Waals surface area (Å²) in [5, 5.41) is 13.1. The van der Waals surface area contributed by atoms with Gasteiger partial charge in [0.05, 0.1) is 11.8 Å². The molecule has 1 fully saturated rings. The van der Waals surface area contributed by atoms with Crippen LogP contribution in [0.1, 0.15) is 36.1 Å². The summed E-state index contributed by atoms with van der Waals surface area (Å²) < 4.78 is 47.1. The molecule has 12 heteroatoms. The van der Waals surface area contributed by atoms with Crippen LogP contribution in [-0.2, 0) is 6.61 Å². The fraction of sp³-hybridized carbons (Fsp3) is 0.348. The highest BCUT2D eigenvalue weighted by Crippen LogP contribution is 2.39. The number of halogens is 3. The Kier molecular flexibility index (Phi) is 6.83. The van der Waals surface area contributed by atoms with E-state index in [2.05, 4.69) is 30.0 Å². The number of aliphatic hydroxyl groups is 1. The van der Waals surface area contributed by atoms with Gasteiger partial charge in [0.1, 0.15) is 23.7 Å². The first kappa shape index (κ1) is 24.3. The van der Waals surface area contributed by atoms with Crippen LogP contribution in [0, 0.1) is 5.92 Å². The largest absolute Gasteiger partial charge is 0.573 e. The summed E-state index contributed by atoms with van der Waals surface area (Å²) in [5.74, 6) is -0.431. The van der Waals surface area contributed by atoms with E-state index in [1.165, 1.54) is 18.3 Å². The second-order valence-electron chi connectivity index (χ2n) is 8.25. The van der Waals surface area contributed by atoms with Crippen molar-refractivity contribution in [1.29, 1.82) is 0 Å². The summed E-state index contributed by atoms with van der Waals surface area (Å²) in [4.78, 5) is 29.3. The summed E-state index contributed by atoms with van der Waals surface area (Å²) in [6.07, 6.45) is 1.28. The van der Waals surface area contributed by atoms with Crippen molar-refractivity contribution in [2.24, 2.45) is 5.92 Å². The molecule has 0 saturated heterocycles. The highest BCUT2D eigenvalue weighted by atomic mass is 19.4. The normalized spacial score (nSPS) is 15.2. The molecule has 0 bridgehead atoms. The maximum Gasteiger partial charge on any atom is 0.573 e. The average Bonchev–Trinajstić information content (AvgIpc) is 3.68. The van der Waals surface area contributed by atoms with E-state index in [0.717, 1.165) is 25.0 Å². The zero-order valence-corrected chi connectivity index (χ0v) is 18.6. The Labute approximate surface area is 198 Å². The Morgan fingerprint density at radius 1 is 1.14 bits per heavy atom. The molecule has 1 amide bonds. The van der Waals surface area contributed by atoms with Gasteiger partial charge in [0.2, 0.25) is 5.88 Å². The van der Waals surface area contributed by atoms with Crippen LogP contribution in [0.3, 0.4) is 0 Å². The van der Waals surface area contributed by atoms with Gasteiger partial charge < -0.3 is 19.9 Å². The van der Waals surface area contributed by atoms with Crippen molar-refractivity contribution >= 4 is 5.91 Å². The van der Waals surface area contributed by atoms with Crippen LogP contribution < -0.4 is 14.8 Å². The SMILES string of the molecule is C[C@](O)(CNC(=O)c1cnc(OCc2ncccn2)c(-c2ccc(OC(F)(F)F)cc2)n1)C1CC1. The number of nitrogens with zero attached hydrogens (tertiary/aromatic N) is 4. The highest BCUT2D eigenvalue weighted by molar-refractivity contribution is 5.92. The molecule has 0 unspecified atom stereocenters. The van der Waals surface area contributed by atoms with E-state index in [9.17, 15) is 23.1 Å². The molecule has 1 aliphatic rings. The molecule has 1 aromatic carbocycles. The summed E-state index contributed by atoms with van der Waals surface area (Å²) in [6.45, 7) is 1.66. The number of benzene rings is 1. The van der Waals surface area contributed by atoms with Gasteiger partial charge in [-0.1, -0.05) is 0 Å². The predicted octanol–water partition coefficient (Wildman–Crippen LogP) is 3.30. The van der Waals surface area contributed by atoms with Crippen molar-refractivity contribution in [1.82, 2.24) is 25.3 Å². The number of ether oxygens (including phenoxy) is 2. The Morgan fingerprint density at radius 2 is 1.83 bits per heavy atom. The third-order valence-electron chi connectivity index (χ3n) is 5.35. The maximum atomic E-state index is 12.7. The fourth-order valence-corrected chi connectivity index (χ4v) is 3.33. The third-order valence-corrected chi connectivity index (χ3v) is 5.35. The van der Waals surface area contributed by atoms with E-state index in [1.54, 1.807) is 25.4 Å². The predicted molar refractivity (Wildman–Crippen MR) is 116 cm³/mol. The number of hydrogen-bond donors (Lipinski definition) is 2. The molecular formula is C23H22F3N5O4. The summed E-state index contributed by atoms with van der Waals surface area (Å²) in [5.41, 5.74) is -0.610. The standard InChI is InChI=1S/C23H22F3N5O4/c1-22(33,15-5-6-15)13-30-20(32)17-11-29-21(34-12-18-27-9-2-10-28-18)19(31-17)14-3-7-16(8-4-14)35-23(24,25)26/h2-4,7-11,15,33H,5-6,12-13H2,1H3,(H,30,32)/t22-/m0/s1. The van der Waals surface area contributed by atoms with Gasteiger partial charge in [-0.3, -0.25) is 4.79 Å². The van der Waals surface area contributed by atoms with Gasteiger partial charge in [0, 0.05) is 24.5 Å². The molecule has 0 aliphatic heterocycles. The quantitative estimate of drug-likeness (QED) is 0.470. The lowest BCUT2D eigenvalue weighted by Gasteiger charge is -2.23. The molecule has 3 aromatic rings. The van der Waals surface area contributed by atoms with Crippen LogP contribution in [0.4, 0.5) is 13.2 Å². The van der Waals surface area contributed by atoms with Crippen molar-refractivity contribution < 1.29 is 32.5 Å². The Bertz CT molecular complexity index is 1170. The molecule has 9 nitrogen and oxygen atoms in total. The van der Waals surface area contributed by atoms with Crippen LogP contribution in [0.2, 0.25) is 0 Å². The molecule has 2 heterocycles. The van der Waals surface area contributed by atoms with Crippen LogP contribution in [-0.4, -0.2) is 49.5 Å². The lowest BCUT2D eigenvalue weighted by molar-refractivity contribution is -0.274. The summed E-state index contributed by atoms with van der Waals surface area (Å²) in [6, 6.07) is 6.57. The zero-order valence-electron chi connectivity index (χ0n) is 18.6. The second-order valence-corrected chi connectivity index (χ2v) is 8.25. The van der Waals surface area contributed by atoms with E-state index in [1.807, 2.05) is 0 Å². The van der Waals surface area contributed by atoms with Gasteiger partial charge >= 0.3 is 6.36 Å². The van der Waals surface area contributed by atoms with E-state index in [4.69, 9.17) is 4.74 Å². The fourth-order valence-electron chi connectivity index (χ4n) is 3.33. The molecule has 4 rings (SSSR count). The smallest absolute Gasteiger partial charge is 0.468 e. The topological polar surface area (TPSA) is 119 Å². The molecule has 0 spiro atoms. The van der Waals surface area contributed by atoms with Gasteiger partial charge in [-0.05, 0) is 56.0 Å². The summed E-state index contributed by atoms with van der Waals surface area (Å²) >= 11 is 0. The molecule has 184 valence electrons. The van der Waals surface area contributed by atoms with Gasteiger partial charge in [-0.15, -0.1) is 13.2 Å². The Balaban J connectivity index is 1.57. The van der Waals surface area contributed by atoms with Crippen molar-refractivity contribution in [3.63, 3.8) is 0 Å². The molecule has 1 saturated carbocycles. The average molecular weight is 489 g/mol. The number of carbonyl (C=O) groups is 1. The van der Waals surface area contributed by atoms with Gasteiger partial charge in [-0.25, -0.2) is 19.9 Å². The first-order valence-electron chi connectivity index (χ1n) is 10.7. The first-order valence-corrected chi connectivity index (χ1v) is 10.7. The molecule has 35 heavy (non-hydrogen) atoms. The second kappa shape index (κ2) is 9.82. The number of hydrogen-bond acceptors (Lipinski definition) is 8. The summed E-state index contributed by atoms with van der Waals surface area (Å²) in [7, 11) is 0. The number of carbonyl (C=O) groups excluding carboxylic acids is 1. The molecule has 1 atom stereocenters. The van der Waals surface area contributed by atoms with Crippen molar-refractivity contribution in [3.8, 4) is 22.9 Å². The van der Waals surface area contributed by atoms with Crippen LogP contribution >= 0.6 is 0 Å². The molecule has 2 aromatic heterocycles. The molecule has 0 radical (unpaired) electrons. The molecule has 2 N–H and O–H groups in total. The zero-order chi connectivity index (χ0) is 25.1. The third kappa shape index (κ3) is 6.63. The van der Waals surface area contributed by atoms with Crippen molar-refractivity contribution in [2.45, 2.75) is 38.3 Å². The lowest BCUT2D eigenvalue weighted by Crippen LogP contribution is -2.42. The molecule has 1 aliphatic carbocycles.